The van der Waals surface area contributed by atoms with Crippen LogP contribution in [0.4, 0.5) is 0 Å². The summed E-state index contributed by atoms with van der Waals surface area (Å²) in [7, 11) is 0. The van der Waals surface area contributed by atoms with Gasteiger partial charge in [0.25, 0.3) is 0 Å². The molecule has 2 amide bonds. The second-order valence-corrected chi connectivity index (χ2v) is 6.31. The van der Waals surface area contributed by atoms with E-state index in [4.69, 9.17) is 0 Å². The van der Waals surface area contributed by atoms with Crippen LogP contribution in [0, 0.1) is 0 Å². The molecule has 0 aliphatic carbocycles. The van der Waals surface area contributed by atoms with Gasteiger partial charge in [0.05, 0.1) is 0 Å². The molecule has 0 unspecified atom stereocenters. The van der Waals surface area contributed by atoms with Crippen molar-refractivity contribution in [3.05, 3.63) is 22.4 Å². The SMILES string of the molecule is CC(=O)N1CCC(NC(=O)CCCc2cccs2)CC1. The highest BCUT2D eigenvalue weighted by Crippen LogP contribution is 2.13. The van der Waals surface area contributed by atoms with Crippen molar-refractivity contribution in [2.45, 2.75) is 45.1 Å². The zero-order chi connectivity index (χ0) is 14.4. The topological polar surface area (TPSA) is 49.4 Å². The molecule has 20 heavy (non-hydrogen) atoms. The fourth-order valence-electron chi connectivity index (χ4n) is 2.52. The van der Waals surface area contributed by atoms with E-state index < -0.39 is 0 Å². The molecule has 1 aromatic rings. The molecule has 0 saturated carbocycles. The van der Waals surface area contributed by atoms with Gasteiger partial charge in [-0.15, -0.1) is 11.3 Å². The molecule has 0 spiro atoms. The normalized spacial score (nSPS) is 16.1. The number of nitrogens with zero attached hydrogens (tertiary/aromatic N) is 1. The van der Waals surface area contributed by atoms with Crippen molar-refractivity contribution in [3.63, 3.8) is 0 Å². The fraction of sp³-hybridized carbons (Fsp3) is 0.600. The molecule has 0 radical (unpaired) electrons. The Balaban J connectivity index is 1.61. The maximum Gasteiger partial charge on any atom is 0.220 e. The minimum atomic E-state index is 0.130. The molecular formula is C15H22N2O2S. The zero-order valence-electron chi connectivity index (χ0n) is 11.9. The van der Waals surface area contributed by atoms with Crippen molar-refractivity contribution in [2.75, 3.05) is 13.1 Å². The van der Waals surface area contributed by atoms with Gasteiger partial charge in [-0.05, 0) is 37.1 Å². The first-order valence-corrected chi connectivity index (χ1v) is 8.10. The summed E-state index contributed by atoms with van der Waals surface area (Å²) < 4.78 is 0. The molecule has 1 N–H and O–H groups in total. The Bertz CT molecular complexity index is 437. The monoisotopic (exact) mass is 294 g/mol. The average molecular weight is 294 g/mol. The van der Waals surface area contributed by atoms with Crippen LogP contribution >= 0.6 is 11.3 Å². The first kappa shape index (κ1) is 15.0. The minimum absolute atomic E-state index is 0.130. The number of aryl methyl sites for hydroxylation is 1. The molecule has 1 fully saturated rings. The van der Waals surface area contributed by atoms with Gasteiger partial charge < -0.3 is 10.2 Å². The van der Waals surface area contributed by atoms with Crippen LogP contribution in [-0.4, -0.2) is 35.8 Å². The van der Waals surface area contributed by atoms with E-state index in [1.807, 2.05) is 11.0 Å². The van der Waals surface area contributed by atoms with Crippen LogP contribution in [0.25, 0.3) is 0 Å². The number of rotatable bonds is 5. The Labute approximate surface area is 124 Å². The van der Waals surface area contributed by atoms with E-state index in [0.29, 0.717) is 6.42 Å². The van der Waals surface area contributed by atoms with Crippen LogP contribution in [-0.2, 0) is 16.0 Å². The van der Waals surface area contributed by atoms with Gasteiger partial charge >= 0.3 is 0 Å². The Morgan fingerprint density at radius 3 is 2.75 bits per heavy atom. The Kier molecular flexibility index (Phi) is 5.59. The molecule has 2 heterocycles. The summed E-state index contributed by atoms with van der Waals surface area (Å²) in [6.07, 6.45) is 4.21. The lowest BCUT2D eigenvalue weighted by Crippen LogP contribution is -2.45. The number of hydrogen-bond acceptors (Lipinski definition) is 3. The third kappa shape index (κ3) is 4.63. The molecule has 1 saturated heterocycles. The van der Waals surface area contributed by atoms with E-state index in [9.17, 15) is 9.59 Å². The minimum Gasteiger partial charge on any atom is -0.353 e. The van der Waals surface area contributed by atoms with E-state index in [1.165, 1.54) is 4.88 Å². The highest BCUT2D eigenvalue weighted by molar-refractivity contribution is 7.09. The van der Waals surface area contributed by atoms with Gasteiger partial charge in [0.2, 0.25) is 11.8 Å². The Morgan fingerprint density at radius 2 is 2.15 bits per heavy atom. The lowest BCUT2D eigenvalue weighted by Gasteiger charge is -2.31. The second-order valence-electron chi connectivity index (χ2n) is 5.28. The molecule has 1 aliphatic rings. The van der Waals surface area contributed by atoms with Crippen LogP contribution in [0.15, 0.2) is 17.5 Å². The number of piperidine rings is 1. The summed E-state index contributed by atoms with van der Waals surface area (Å²) in [5.41, 5.74) is 0. The van der Waals surface area contributed by atoms with Crippen molar-refractivity contribution >= 4 is 23.2 Å². The highest BCUT2D eigenvalue weighted by Gasteiger charge is 2.21. The standard InChI is InChI=1S/C15H22N2O2S/c1-12(18)17-9-7-13(8-10-17)16-15(19)6-2-4-14-5-3-11-20-14/h3,5,11,13H,2,4,6-10H2,1H3,(H,16,19). The quantitative estimate of drug-likeness (QED) is 0.905. The first-order chi connectivity index (χ1) is 9.65. The molecule has 110 valence electrons. The molecule has 4 nitrogen and oxygen atoms in total. The number of amides is 2. The van der Waals surface area contributed by atoms with Gasteiger partial charge in [0.15, 0.2) is 0 Å². The van der Waals surface area contributed by atoms with Crippen LogP contribution < -0.4 is 5.32 Å². The summed E-state index contributed by atoms with van der Waals surface area (Å²) in [5, 5.41) is 5.15. The number of likely N-dealkylation sites (tertiary alicyclic amines) is 1. The summed E-state index contributed by atoms with van der Waals surface area (Å²) in [6.45, 7) is 3.12. The third-order valence-electron chi connectivity index (χ3n) is 3.71. The predicted molar refractivity (Wildman–Crippen MR) is 80.7 cm³/mol. The van der Waals surface area contributed by atoms with E-state index in [1.54, 1.807) is 18.3 Å². The molecule has 5 heteroatoms. The van der Waals surface area contributed by atoms with Crippen molar-refractivity contribution < 1.29 is 9.59 Å². The van der Waals surface area contributed by atoms with Crippen molar-refractivity contribution in [1.82, 2.24) is 10.2 Å². The Hall–Kier alpha value is -1.36. The number of nitrogens with one attached hydrogen (secondary N) is 1. The molecule has 1 aromatic heterocycles. The van der Waals surface area contributed by atoms with Crippen LogP contribution in [0.3, 0.4) is 0 Å². The fourth-order valence-corrected chi connectivity index (χ4v) is 3.27. The van der Waals surface area contributed by atoms with Crippen molar-refractivity contribution in [2.24, 2.45) is 0 Å². The molecular weight excluding hydrogens is 272 g/mol. The van der Waals surface area contributed by atoms with E-state index in [2.05, 4.69) is 16.8 Å². The van der Waals surface area contributed by atoms with Gasteiger partial charge in [-0.3, -0.25) is 9.59 Å². The van der Waals surface area contributed by atoms with Gasteiger partial charge in [-0.1, -0.05) is 6.07 Å². The molecule has 0 bridgehead atoms. The molecule has 2 rings (SSSR count). The number of carbonyl (C=O) groups is 2. The first-order valence-electron chi connectivity index (χ1n) is 7.22. The van der Waals surface area contributed by atoms with E-state index in [-0.39, 0.29) is 17.9 Å². The van der Waals surface area contributed by atoms with Crippen LogP contribution in [0.1, 0.15) is 37.5 Å². The summed E-state index contributed by atoms with van der Waals surface area (Å²) in [5.74, 6) is 0.272. The lowest BCUT2D eigenvalue weighted by atomic mass is 10.0. The van der Waals surface area contributed by atoms with Gasteiger partial charge in [0, 0.05) is 37.4 Å². The molecule has 0 atom stereocenters. The molecule has 1 aliphatic heterocycles. The largest absolute Gasteiger partial charge is 0.353 e. The van der Waals surface area contributed by atoms with Crippen molar-refractivity contribution in [1.29, 1.82) is 0 Å². The highest BCUT2D eigenvalue weighted by atomic mass is 32.1. The predicted octanol–water partition coefficient (Wildman–Crippen LogP) is 2.20. The van der Waals surface area contributed by atoms with Gasteiger partial charge in [0.1, 0.15) is 0 Å². The van der Waals surface area contributed by atoms with E-state index >= 15 is 0 Å². The smallest absolute Gasteiger partial charge is 0.220 e. The van der Waals surface area contributed by atoms with Crippen LogP contribution in [0.2, 0.25) is 0 Å². The van der Waals surface area contributed by atoms with E-state index in [0.717, 1.165) is 38.8 Å². The Morgan fingerprint density at radius 1 is 1.40 bits per heavy atom. The van der Waals surface area contributed by atoms with Crippen LogP contribution in [0.5, 0.6) is 0 Å². The zero-order valence-corrected chi connectivity index (χ0v) is 12.7. The second kappa shape index (κ2) is 7.43. The average Bonchev–Trinajstić information content (AvgIpc) is 2.92. The summed E-state index contributed by atoms with van der Waals surface area (Å²) in [6, 6.07) is 4.39. The summed E-state index contributed by atoms with van der Waals surface area (Å²) >= 11 is 1.74. The maximum absolute atomic E-state index is 11.9. The maximum atomic E-state index is 11.9. The van der Waals surface area contributed by atoms with Crippen molar-refractivity contribution in [3.8, 4) is 0 Å². The lowest BCUT2D eigenvalue weighted by molar-refractivity contribution is -0.130. The number of hydrogen-bond donors (Lipinski definition) is 1. The summed E-state index contributed by atoms with van der Waals surface area (Å²) in [4.78, 5) is 26.3. The third-order valence-corrected chi connectivity index (χ3v) is 4.65. The molecule has 0 aromatic carbocycles. The van der Waals surface area contributed by atoms with Gasteiger partial charge in [-0.25, -0.2) is 0 Å². The number of thiophene rings is 1. The van der Waals surface area contributed by atoms with Gasteiger partial charge in [-0.2, -0.15) is 0 Å². The number of carbonyl (C=O) groups excluding carboxylic acids is 2.